The molecule has 0 atom stereocenters. The van der Waals surface area contributed by atoms with Crippen molar-refractivity contribution in [2.24, 2.45) is 0 Å². The maximum absolute atomic E-state index is 2.47. The molecule has 3 heteroatoms. The summed E-state index contributed by atoms with van der Waals surface area (Å²) >= 11 is 3.78. The molecule has 3 aromatic heterocycles. The van der Waals surface area contributed by atoms with Crippen molar-refractivity contribution in [2.45, 2.75) is 0 Å². The van der Waals surface area contributed by atoms with Crippen LogP contribution in [0.2, 0.25) is 0 Å². The van der Waals surface area contributed by atoms with E-state index in [9.17, 15) is 0 Å². The second kappa shape index (κ2) is 9.64. The van der Waals surface area contributed by atoms with Gasteiger partial charge in [-0.05, 0) is 70.8 Å². The lowest BCUT2D eigenvalue weighted by Gasteiger charge is -2.10. The van der Waals surface area contributed by atoms with Crippen molar-refractivity contribution >= 4 is 84.8 Å². The third-order valence-electron chi connectivity index (χ3n) is 9.21. The number of thiophene rings is 2. The molecule has 0 unspecified atom stereocenters. The predicted molar refractivity (Wildman–Crippen MR) is 197 cm³/mol. The fraction of sp³-hybridized carbons (Fsp3) is 0. The quantitative estimate of drug-likeness (QED) is 0.188. The van der Waals surface area contributed by atoms with Crippen LogP contribution in [0.25, 0.3) is 90.1 Å². The average Bonchev–Trinajstić information content (AvgIpc) is 3.77. The maximum atomic E-state index is 2.47. The van der Waals surface area contributed by atoms with Crippen LogP contribution in [-0.2, 0) is 0 Å². The molecule has 0 aliphatic heterocycles. The van der Waals surface area contributed by atoms with E-state index >= 15 is 0 Å². The van der Waals surface area contributed by atoms with Crippen LogP contribution in [0.4, 0.5) is 0 Å². The van der Waals surface area contributed by atoms with Crippen LogP contribution in [0.5, 0.6) is 0 Å². The highest BCUT2D eigenvalue weighted by Crippen LogP contribution is 2.44. The van der Waals surface area contributed by atoms with Gasteiger partial charge >= 0.3 is 0 Å². The predicted octanol–water partition coefficient (Wildman–Crippen LogP) is 12.9. The van der Waals surface area contributed by atoms with E-state index in [2.05, 4.69) is 156 Å². The van der Waals surface area contributed by atoms with Crippen molar-refractivity contribution in [1.82, 2.24) is 4.57 Å². The fourth-order valence-electron chi connectivity index (χ4n) is 7.19. The maximum Gasteiger partial charge on any atom is 0.0640 e. The molecule has 0 radical (unpaired) electrons. The van der Waals surface area contributed by atoms with Gasteiger partial charge in [0.25, 0.3) is 0 Å². The van der Waals surface area contributed by atoms with Gasteiger partial charge in [-0.1, -0.05) is 103 Å². The highest BCUT2D eigenvalue weighted by molar-refractivity contribution is 7.26. The lowest BCUT2D eigenvalue weighted by Crippen LogP contribution is -1.93. The molecule has 0 N–H and O–H groups in total. The molecule has 0 amide bonds. The third kappa shape index (κ3) is 3.72. The summed E-state index contributed by atoms with van der Waals surface area (Å²) in [7, 11) is 0. The molecule has 10 rings (SSSR count). The molecule has 45 heavy (non-hydrogen) atoms. The highest BCUT2D eigenvalue weighted by Gasteiger charge is 2.18. The summed E-state index contributed by atoms with van der Waals surface area (Å²) in [6, 6.07) is 55.8. The van der Waals surface area contributed by atoms with Gasteiger partial charge in [-0.15, -0.1) is 22.7 Å². The summed E-state index contributed by atoms with van der Waals surface area (Å²) < 4.78 is 7.78. The Morgan fingerprint density at radius 1 is 0.378 bits per heavy atom. The Kier molecular flexibility index (Phi) is 5.39. The van der Waals surface area contributed by atoms with Gasteiger partial charge in [0.2, 0.25) is 0 Å². The molecule has 0 saturated heterocycles. The number of para-hydroxylation sites is 1. The number of nitrogens with zero attached hydrogens (tertiary/aromatic N) is 1. The van der Waals surface area contributed by atoms with Crippen LogP contribution in [0, 0.1) is 0 Å². The summed E-state index contributed by atoms with van der Waals surface area (Å²) in [5.74, 6) is 0. The summed E-state index contributed by atoms with van der Waals surface area (Å²) in [6.45, 7) is 0. The topological polar surface area (TPSA) is 4.93 Å². The lowest BCUT2D eigenvalue weighted by atomic mass is 9.98. The monoisotopic (exact) mass is 607 g/mol. The number of rotatable bonds is 3. The number of fused-ring (bicyclic) bond motifs is 9. The van der Waals surface area contributed by atoms with Crippen LogP contribution < -0.4 is 0 Å². The van der Waals surface area contributed by atoms with Gasteiger partial charge in [-0.3, -0.25) is 0 Å². The first-order valence-corrected chi connectivity index (χ1v) is 16.9. The number of hydrogen-bond donors (Lipinski definition) is 0. The molecule has 0 bridgehead atoms. The van der Waals surface area contributed by atoms with Crippen molar-refractivity contribution in [3.8, 4) is 27.9 Å². The molecular weight excluding hydrogens is 583 g/mol. The molecule has 0 spiro atoms. The van der Waals surface area contributed by atoms with Gasteiger partial charge in [0, 0.05) is 46.4 Å². The molecule has 3 heterocycles. The van der Waals surface area contributed by atoms with E-state index in [1.165, 1.54) is 90.1 Å². The first-order chi connectivity index (χ1) is 22.3. The Balaban J connectivity index is 1.20. The van der Waals surface area contributed by atoms with E-state index < -0.39 is 0 Å². The summed E-state index contributed by atoms with van der Waals surface area (Å²) in [4.78, 5) is 0. The minimum Gasteiger partial charge on any atom is -0.308 e. The van der Waals surface area contributed by atoms with Gasteiger partial charge in [-0.2, -0.15) is 0 Å². The molecule has 10 aromatic rings. The van der Waals surface area contributed by atoms with Gasteiger partial charge in [0.1, 0.15) is 0 Å². The highest BCUT2D eigenvalue weighted by atomic mass is 32.1. The smallest absolute Gasteiger partial charge is 0.0640 e. The molecule has 7 aromatic carbocycles. The van der Waals surface area contributed by atoms with E-state index in [1.54, 1.807) is 0 Å². The molecule has 210 valence electrons. The summed E-state index contributed by atoms with van der Waals surface area (Å²) in [5.41, 5.74) is 8.76. The number of benzene rings is 7. The standard InChI is InChI=1S/C42H25NS2/c1-2-10-26(11-3-1)27-20-22-36-33(24-27)30-12-4-6-16-35(30)43(36)37-17-8-15-31-34-25-28(21-23-39(34)45-42(31)37)29-14-9-19-40-41(29)32-13-5-7-18-38(32)44-40/h1-25H. The summed E-state index contributed by atoms with van der Waals surface area (Å²) in [5, 5.41) is 7.89. The van der Waals surface area contributed by atoms with Gasteiger partial charge in [-0.25, -0.2) is 0 Å². The largest absolute Gasteiger partial charge is 0.308 e. The van der Waals surface area contributed by atoms with Crippen LogP contribution in [0.3, 0.4) is 0 Å². The van der Waals surface area contributed by atoms with Crippen molar-refractivity contribution < 1.29 is 0 Å². The minimum absolute atomic E-state index is 1.23. The van der Waals surface area contributed by atoms with Crippen LogP contribution in [-0.4, -0.2) is 4.57 Å². The Hall–Kier alpha value is -5.22. The zero-order chi connectivity index (χ0) is 29.5. The van der Waals surface area contributed by atoms with E-state index in [0.717, 1.165) is 0 Å². The second-order valence-corrected chi connectivity index (χ2v) is 13.8. The molecule has 0 fully saturated rings. The SMILES string of the molecule is c1ccc(-c2ccc3c(c2)c2ccccc2n3-c2cccc3c2sc2ccc(-c4cccc5sc6ccccc6c45)cc23)cc1. The number of aromatic nitrogens is 1. The first-order valence-electron chi connectivity index (χ1n) is 15.3. The molecule has 0 aliphatic rings. The molecule has 0 saturated carbocycles. The van der Waals surface area contributed by atoms with E-state index in [4.69, 9.17) is 0 Å². The normalized spacial score (nSPS) is 12.0. The van der Waals surface area contributed by atoms with Crippen molar-refractivity contribution in [3.05, 3.63) is 152 Å². The fourth-order valence-corrected chi connectivity index (χ4v) is 9.50. The molecule has 0 aliphatic carbocycles. The van der Waals surface area contributed by atoms with Crippen molar-refractivity contribution in [2.75, 3.05) is 0 Å². The number of hydrogen-bond acceptors (Lipinski definition) is 2. The minimum atomic E-state index is 1.23. The van der Waals surface area contributed by atoms with Gasteiger partial charge in [0.05, 0.1) is 21.4 Å². The third-order valence-corrected chi connectivity index (χ3v) is 11.6. The Labute approximate surface area is 267 Å². The van der Waals surface area contributed by atoms with E-state index in [0.29, 0.717) is 0 Å². The zero-order valence-corrected chi connectivity index (χ0v) is 25.8. The van der Waals surface area contributed by atoms with Crippen LogP contribution in [0.15, 0.2) is 152 Å². The Morgan fingerprint density at radius 3 is 2.00 bits per heavy atom. The Morgan fingerprint density at radius 2 is 1.07 bits per heavy atom. The van der Waals surface area contributed by atoms with Crippen molar-refractivity contribution in [1.29, 1.82) is 0 Å². The average molecular weight is 608 g/mol. The van der Waals surface area contributed by atoms with Crippen LogP contribution in [0.1, 0.15) is 0 Å². The van der Waals surface area contributed by atoms with E-state index in [-0.39, 0.29) is 0 Å². The second-order valence-electron chi connectivity index (χ2n) is 11.7. The summed E-state index contributed by atoms with van der Waals surface area (Å²) in [6.07, 6.45) is 0. The van der Waals surface area contributed by atoms with Gasteiger partial charge in [0.15, 0.2) is 0 Å². The van der Waals surface area contributed by atoms with Crippen LogP contribution >= 0.6 is 22.7 Å². The lowest BCUT2D eigenvalue weighted by molar-refractivity contribution is 1.20. The van der Waals surface area contributed by atoms with Crippen molar-refractivity contribution in [3.63, 3.8) is 0 Å². The molecule has 1 nitrogen and oxygen atoms in total. The first kappa shape index (κ1) is 25.1. The zero-order valence-electron chi connectivity index (χ0n) is 24.2. The van der Waals surface area contributed by atoms with Gasteiger partial charge < -0.3 is 4.57 Å². The Bertz CT molecular complexity index is 2760. The van der Waals surface area contributed by atoms with E-state index in [1.807, 2.05) is 22.7 Å². The molecular formula is C42H25NS2.